The molecule has 0 aromatic carbocycles. The van der Waals surface area contributed by atoms with Crippen molar-refractivity contribution in [1.29, 1.82) is 0 Å². The van der Waals surface area contributed by atoms with Gasteiger partial charge in [-0.1, -0.05) is 6.92 Å². The molecule has 0 aliphatic carbocycles. The van der Waals surface area contributed by atoms with Crippen molar-refractivity contribution >= 4 is 11.7 Å². The SMILES string of the molecule is CC1CCC(C)N(c2nc(C(F)(F)F)ccc2C(N)=O)C1. The lowest BCUT2D eigenvalue weighted by atomic mass is 9.94. The number of primary amides is 1. The molecule has 1 aromatic rings. The first-order chi connectivity index (χ1) is 9.70. The molecule has 2 atom stereocenters. The maximum Gasteiger partial charge on any atom is 0.433 e. The molecule has 21 heavy (non-hydrogen) atoms. The third-order valence-corrected chi connectivity index (χ3v) is 3.82. The van der Waals surface area contributed by atoms with Gasteiger partial charge in [0.15, 0.2) is 0 Å². The van der Waals surface area contributed by atoms with Gasteiger partial charge in [-0.05, 0) is 37.8 Å². The summed E-state index contributed by atoms with van der Waals surface area (Å²) >= 11 is 0. The molecule has 0 radical (unpaired) electrons. The standard InChI is InChI=1S/C14H18F3N3O/c1-8-3-4-9(2)20(7-8)13-10(12(18)21)5-6-11(19-13)14(15,16)17/h5-6,8-9H,3-4,7H2,1-2H3,(H2,18,21). The Labute approximate surface area is 121 Å². The average molecular weight is 301 g/mol. The Hall–Kier alpha value is -1.79. The molecule has 1 aliphatic heterocycles. The summed E-state index contributed by atoms with van der Waals surface area (Å²) in [4.78, 5) is 16.9. The first-order valence-electron chi connectivity index (χ1n) is 6.85. The number of hydrogen-bond acceptors (Lipinski definition) is 3. The van der Waals surface area contributed by atoms with Gasteiger partial charge in [0.05, 0.1) is 5.56 Å². The lowest BCUT2D eigenvalue weighted by Crippen LogP contribution is -2.43. The number of aromatic nitrogens is 1. The second-order valence-electron chi connectivity index (χ2n) is 5.61. The lowest BCUT2D eigenvalue weighted by Gasteiger charge is -2.38. The third-order valence-electron chi connectivity index (χ3n) is 3.82. The van der Waals surface area contributed by atoms with Gasteiger partial charge in [0.25, 0.3) is 5.91 Å². The molecular weight excluding hydrogens is 283 g/mol. The molecule has 2 unspecified atom stereocenters. The summed E-state index contributed by atoms with van der Waals surface area (Å²) < 4.78 is 38.5. The van der Waals surface area contributed by atoms with Crippen molar-refractivity contribution in [2.75, 3.05) is 11.4 Å². The van der Waals surface area contributed by atoms with Crippen LogP contribution in [-0.2, 0) is 6.18 Å². The second kappa shape index (κ2) is 5.54. The van der Waals surface area contributed by atoms with Gasteiger partial charge in [-0.25, -0.2) is 4.98 Å². The van der Waals surface area contributed by atoms with Crippen molar-refractivity contribution in [3.63, 3.8) is 0 Å². The third kappa shape index (κ3) is 3.28. The van der Waals surface area contributed by atoms with E-state index in [0.29, 0.717) is 12.5 Å². The molecule has 0 saturated carbocycles. The summed E-state index contributed by atoms with van der Waals surface area (Å²) in [7, 11) is 0. The van der Waals surface area contributed by atoms with E-state index in [4.69, 9.17) is 5.73 Å². The van der Waals surface area contributed by atoms with E-state index in [1.807, 2.05) is 13.8 Å². The fourth-order valence-electron chi connectivity index (χ4n) is 2.60. The largest absolute Gasteiger partial charge is 0.433 e. The van der Waals surface area contributed by atoms with Gasteiger partial charge in [-0.15, -0.1) is 0 Å². The summed E-state index contributed by atoms with van der Waals surface area (Å²) in [5.41, 5.74) is 4.30. The van der Waals surface area contributed by atoms with Gasteiger partial charge < -0.3 is 10.6 Å². The van der Waals surface area contributed by atoms with E-state index >= 15 is 0 Å². The van der Waals surface area contributed by atoms with Crippen LogP contribution in [0.4, 0.5) is 19.0 Å². The number of carbonyl (C=O) groups excluding carboxylic acids is 1. The number of hydrogen-bond donors (Lipinski definition) is 1. The predicted octanol–water partition coefficient (Wildman–Crippen LogP) is 2.82. The Morgan fingerprint density at radius 1 is 1.33 bits per heavy atom. The van der Waals surface area contributed by atoms with Gasteiger partial charge in [-0.3, -0.25) is 4.79 Å². The summed E-state index contributed by atoms with van der Waals surface area (Å²) in [6, 6.07) is 1.93. The van der Waals surface area contributed by atoms with Gasteiger partial charge in [0.2, 0.25) is 0 Å². The molecule has 1 saturated heterocycles. The van der Waals surface area contributed by atoms with Crippen LogP contribution in [0.25, 0.3) is 0 Å². The minimum absolute atomic E-state index is 0.0234. The van der Waals surface area contributed by atoms with Crippen LogP contribution in [0.1, 0.15) is 42.7 Å². The average Bonchev–Trinajstić information content (AvgIpc) is 2.39. The number of pyridine rings is 1. The highest BCUT2D eigenvalue weighted by Crippen LogP contribution is 2.33. The summed E-state index contributed by atoms with van der Waals surface area (Å²) in [5.74, 6) is -0.397. The Balaban J connectivity index is 2.50. The van der Waals surface area contributed by atoms with Crippen molar-refractivity contribution in [2.45, 2.75) is 38.9 Å². The highest BCUT2D eigenvalue weighted by molar-refractivity contribution is 5.97. The molecule has 1 amide bonds. The van der Waals surface area contributed by atoms with E-state index in [0.717, 1.165) is 25.0 Å². The van der Waals surface area contributed by atoms with Crippen LogP contribution >= 0.6 is 0 Å². The zero-order valence-corrected chi connectivity index (χ0v) is 11.9. The maximum absolute atomic E-state index is 12.8. The maximum atomic E-state index is 12.8. The van der Waals surface area contributed by atoms with E-state index in [1.165, 1.54) is 0 Å². The summed E-state index contributed by atoms with van der Waals surface area (Å²) in [6.07, 6.45) is -2.70. The van der Waals surface area contributed by atoms with Crippen molar-refractivity contribution in [2.24, 2.45) is 11.7 Å². The van der Waals surface area contributed by atoms with Gasteiger partial charge >= 0.3 is 6.18 Å². The zero-order valence-electron chi connectivity index (χ0n) is 11.9. The van der Waals surface area contributed by atoms with Crippen LogP contribution in [0.5, 0.6) is 0 Å². The molecule has 0 spiro atoms. The van der Waals surface area contributed by atoms with Crippen LogP contribution in [0.2, 0.25) is 0 Å². The van der Waals surface area contributed by atoms with Crippen LogP contribution in [0, 0.1) is 5.92 Å². The number of nitrogens with zero attached hydrogens (tertiary/aromatic N) is 2. The van der Waals surface area contributed by atoms with Crippen LogP contribution in [-0.4, -0.2) is 23.5 Å². The smallest absolute Gasteiger partial charge is 0.365 e. The zero-order chi connectivity index (χ0) is 15.8. The minimum atomic E-state index is -4.55. The summed E-state index contributed by atoms with van der Waals surface area (Å²) in [6.45, 7) is 4.50. The molecule has 1 fully saturated rings. The lowest BCUT2D eigenvalue weighted by molar-refractivity contribution is -0.141. The van der Waals surface area contributed by atoms with E-state index in [2.05, 4.69) is 4.98 Å². The number of rotatable bonds is 2. The predicted molar refractivity (Wildman–Crippen MR) is 73.0 cm³/mol. The Morgan fingerprint density at radius 2 is 2.00 bits per heavy atom. The molecule has 7 heteroatoms. The number of halogens is 3. The number of alkyl halides is 3. The Bertz CT molecular complexity index is 545. The Kier molecular flexibility index (Phi) is 4.11. The first-order valence-corrected chi connectivity index (χ1v) is 6.85. The van der Waals surface area contributed by atoms with E-state index in [-0.39, 0.29) is 17.4 Å². The number of nitrogens with two attached hydrogens (primary N) is 1. The molecule has 116 valence electrons. The first kappa shape index (κ1) is 15.6. The number of carbonyl (C=O) groups is 1. The number of anilines is 1. The van der Waals surface area contributed by atoms with E-state index in [1.54, 1.807) is 4.90 Å². The van der Waals surface area contributed by atoms with Crippen molar-refractivity contribution in [1.82, 2.24) is 4.98 Å². The normalized spacial score (nSPS) is 23.2. The monoisotopic (exact) mass is 301 g/mol. The molecule has 1 aromatic heterocycles. The fourth-order valence-corrected chi connectivity index (χ4v) is 2.60. The van der Waals surface area contributed by atoms with Gasteiger partial charge in [0.1, 0.15) is 11.5 Å². The molecule has 0 bridgehead atoms. The van der Waals surface area contributed by atoms with Crippen molar-refractivity contribution in [3.05, 3.63) is 23.4 Å². The molecule has 1 aliphatic rings. The topological polar surface area (TPSA) is 59.2 Å². The molecule has 2 rings (SSSR count). The van der Waals surface area contributed by atoms with Gasteiger partial charge in [-0.2, -0.15) is 13.2 Å². The fraction of sp³-hybridized carbons (Fsp3) is 0.571. The molecular formula is C14H18F3N3O. The second-order valence-corrected chi connectivity index (χ2v) is 5.61. The van der Waals surface area contributed by atoms with Crippen molar-refractivity contribution < 1.29 is 18.0 Å². The number of piperidine rings is 1. The van der Waals surface area contributed by atoms with Crippen molar-refractivity contribution in [3.8, 4) is 0 Å². The minimum Gasteiger partial charge on any atom is -0.365 e. The van der Waals surface area contributed by atoms with E-state index in [9.17, 15) is 18.0 Å². The van der Waals surface area contributed by atoms with Crippen LogP contribution in [0.15, 0.2) is 12.1 Å². The molecule has 2 N–H and O–H groups in total. The van der Waals surface area contributed by atoms with Gasteiger partial charge in [0, 0.05) is 12.6 Å². The molecule has 4 nitrogen and oxygen atoms in total. The van der Waals surface area contributed by atoms with E-state index < -0.39 is 17.8 Å². The molecule has 2 heterocycles. The number of amides is 1. The highest BCUT2D eigenvalue weighted by atomic mass is 19.4. The summed E-state index contributed by atoms with van der Waals surface area (Å²) in [5, 5.41) is 0. The Morgan fingerprint density at radius 3 is 2.57 bits per heavy atom. The van der Waals surface area contributed by atoms with Crippen LogP contribution in [0.3, 0.4) is 0 Å². The highest BCUT2D eigenvalue weighted by Gasteiger charge is 2.35. The quantitative estimate of drug-likeness (QED) is 0.913. The van der Waals surface area contributed by atoms with Crippen LogP contribution < -0.4 is 10.6 Å².